The molecule has 6 aromatic rings. The fraction of sp³-hybridized carbons (Fsp3) is 0.372. The SMILES string of the molecule is CCCc1ccc2[nH]c(C(=O)Nc3ccc4[nH]c(C(=O)N5CC(CCl)c6c5cc(OC(=O)N(CCC)CCC(C)CC)c5scc(C)c65)cc4c3)cc2c1. The average molecular weight is 766 g/mol. The molecule has 282 valence electrons. The Morgan fingerprint density at radius 2 is 1.72 bits per heavy atom. The predicted molar refractivity (Wildman–Crippen MR) is 222 cm³/mol. The van der Waals surface area contributed by atoms with Crippen LogP contribution in [-0.2, 0) is 6.42 Å². The summed E-state index contributed by atoms with van der Waals surface area (Å²) in [6, 6.07) is 17.3. The van der Waals surface area contributed by atoms with Gasteiger partial charge in [-0.3, -0.25) is 9.59 Å². The van der Waals surface area contributed by atoms with Gasteiger partial charge in [0.05, 0.1) is 10.4 Å². The molecule has 0 bridgehead atoms. The number of hydrogen-bond acceptors (Lipinski definition) is 5. The second-order valence-corrected chi connectivity index (χ2v) is 15.8. The number of thiophene rings is 1. The molecule has 11 heteroatoms. The number of aryl methyl sites for hydroxylation is 2. The van der Waals surface area contributed by atoms with Crippen LogP contribution in [0.4, 0.5) is 16.2 Å². The van der Waals surface area contributed by atoms with E-state index in [1.165, 1.54) is 5.56 Å². The standard InChI is InChI=1S/C43H48ClN5O4S/c1-6-9-27-10-12-32-28(17-27)19-34(46-32)41(50)45-31-11-13-33-29(18-31)20-35(47-33)42(51)49-23-30(22-44)39-36(49)21-37(40-38(39)26(5)24-54-40)53-43(52)48(15-7-2)16-14-25(4)8-3/h10-13,17-21,24-25,30,46-47H,6-9,14-16,22-23H2,1-5H3,(H,45,50). The van der Waals surface area contributed by atoms with Crippen molar-refractivity contribution >= 4 is 84.1 Å². The molecule has 3 aromatic carbocycles. The quantitative estimate of drug-likeness (QED) is 0.102. The van der Waals surface area contributed by atoms with Crippen molar-refractivity contribution in [2.75, 3.05) is 35.7 Å². The summed E-state index contributed by atoms with van der Waals surface area (Å²) < 4.78 is 7.07. The number of nitrogens with zero attached hydrogens (tertiary/aromatic N) is 2. The van der Waals surface area contributed by atoms with Gasteiger partial charge in [0.25, 0.3) is 11.8 Å². The summed E-state index contributed by atoms with van der Waals surface area (Å²) in [6.45, 7) is 12.3. The number of carbonyl (C=O) groups is 3. The lowest BCUT2D eigenvalue weighted by atomic mass is 9.97. The van der Waals surface area contributed by atoms with E-state index in [0.717, 1.165) is 75.1 Å². The van der Waals surface area contributed by atoms with E-state index in [-0.39, 0.29) is 23.8 Å². The molecule has 0 radical (unpaired) electrons. The molecule has 2 unspecified atom stereocenters. The second-order valence-electron chi connectivity index (χ2n) is 14.6. The van der Waals surface area contributed by atoms with Crippen LogP contribution in [0.5, 0.6) is 5.75 Å². The van der Waals surface area contributed by atoms with Crippen molar-refractivity contribution in [1.82, 2.24) is 14.9 Å². The summed E-state index contributed by atoms with van der Waals surface area (Å²) in [4.78, 5) is 51.3. The van der Waals surface area contributed by atoms with Gasteiger partial charge < -0.3 is 29.8 Å². The van der Waals surface area contributed by atoms with Gasteiger partial charge in [0.2, 0.25) is 0 Å². The Kier molecular flexibility index (Phi) is 11.0. The van der Waals surface area contributed by atoms with Gasteiger partial charge in [-0.25, -0.2) is 4.79 Å². The average Bonchev–Trinajstić information content (AvgIpc) is 3.96. The van der Waals surface area contributed by atoms with Crippen LogP contribution >= 0.6 is 22.9 Å². The van der Waals surface area contributed by atoms with E-state index in [2.05, 4.69) is 60.5 Å². The first-order valence-corrected chi connectivity index (χ1v) is 20.5. The van der Waals surface area contributed by atoms with Gasteiger partial charge in [-0.2, -0.15) is 0 Å². The van der Waals surface area contributed by atoms with Crippen LogP contribution in [0.3, 0.4) is 0 Å². The number of aromatic amines is 2. The van der Waals surface area contributed by atoms with Crippen LogP contribution < -0.4 is 15.0 Å². The van der Waals surface area contributed by atoms with Gasteiger partial charge in [-0.05, 0) is 96.6 Å². The van der Waals surface area contributed by atoms with Crippen molar-refractivity contribution in [3.05, 3.63) is 88.1 Å². The Labute approximate surface area is 325 Å². The lowest BCUT2D eigenvalue weighted by Crippen LogP contribution is -2.35. The number of fused-ring (bicyclic) bond motifs is 5. The number of alkyl halides is 1. The summed E-state index contributed by atoms with van der Waals surface area (Å²) in [5, 5.41) is 7.87. The Hall–Kier alpha value is -4.80. The maximum atomic E-state index is 14.4. The van der Waals surface area contributed by atoms with Gasteiger partial charge >= 0.3 is 6.09 Å². The highest BCUT2D eigenvalue weighted by Gasteiger charge is 2.37. The van der Waals surface area contributed by atoms with Gasteiger partial charge in [0.15, 0.2) is 5.75 Å². The van der Waals surface area contributed by atoms with E-state index in [9.17, 15) is 14.4 Å². The zero-order valence-corrected chi connectivity index (χ0v) is 33.2. The fourth-order valence-electron chi connectivity index (χ4n) is 7.52. The van der Waals surface area contributed by atoms with Gasteiger partial charge in [0, 0.05) is 70.4 Å². The summed E-state index contributed by atoms with van der Waals surface area (Å²) in [5.41, 5.74) is 7.21. The van der Waals surface area contributed by atoms with Crippen molar-refractivity contribution in [1.29, 1.82) is 0 Å². The number of carbonyl (C=O) groups excluding carboxylic acids is 3. The minimum absolute atomic E-state index is 0.0904. The number of anilines is 2. The van der Waals surface area contributed by atoms with Crippen molar-refractivity contribution < 1.29 is 19.1 Å². The molecule has 1 aliphatic rings. The number of hydrogen-bond donors (Lipinski definition) is 3. The molecule has 0 aliphatic carbocycles. The molecule has 3 aromatic heterocycles. The summed E-state index contributed by atoms with van der Waals surface area (Å²) in [7, 11) is 0. The topological polar surface area (TPSA) is 111 Å². The number of benzene rings is 3. The predicted octanol–water partition coefficient (Wildman–Crippen LogP) is 11.0. The van der Waals surface area contributed by atoms with Gasteiger partial charge in [0.1, 0.15) is 11.4 Å². The number of aromatic nitrogens is 2. The molecule has 9 nitrogen and oxygen atoms in total. The molecule has 54 heavy (non-hydrogen) atoms. The first kappa shape index (κ1) is 37.5. The molecule has 3 amide bonds. The molecule has 7 rings (SSSR count). The normalized spacial score (nSPS) is 14.6. The maximum Gasteiger partial charge on any atom is 0.415 e. The zero-order chi connectivity index (χ0) is 38.1. The number of halogens is 1. The smallest absolute Gasteiger partial charge is 0.409 e. The molecule has 2 atom stereocenters. The summed E-state index contributed by atoms with van der Waals surface area (Å²) in [5.74, 6) is 0.763. The second kappa shape index (κ2) is 15.9. The van der Waals surface area contributed by atoms with Crippen LogP contribution in [0.1, 0.15) is 97.0 Å². The molecule has 3 N–H and O–H groups in total. The van der Waals surface area contributed by atoms with Crippen LogP contribution in [0.2, 0.25) is 0 Å². The van der Waals surface area contributed by atoms with E-state index >= 15 is 0 Å². The zero-order valence-electron chi connectivity index (χ0n) is 31.6. The van der Waals surface area contributed by atoms with E-state index in [1.807, 2.05) is 49.4 Å². The fourth-order valence-corrected chi connectivity index (χ4v) is 8.79. The summed E-state index contributed by atoms with van der Waals surface area (Å²) >= 11 is 8.13. The van der Waals surface area contributed by atoms with Crippen LogP contribution in [-0.4, -0.2) is 58.3 Å². The molecule has 0 saturated carbocycles. The molecular weight excluding hydrogens is 718 g/mol. The monoisotopic (exact) mass is 765 g/mol. The Morgan fingerprint density at radius 3 is 2.46 bits per heavy atom. The number of amides is 3. The lowest BCUT2D eigenvalue weighted by molar-refractivity contribution is 0.0982. The van der Waals surface area contributed by atoms with E-state index < -0.39 is 0 Å². The third-order valence-corrected chi connectivity index (χ3v) is 12.1. The minimum atomic E-state index is -0.374. The Bertz CT molecular complexity index is 2360. The molecule has 0 saturated heterocycles. The molecule has 0 spiro atoms. The van der Waals surface area contributed by atoms with Crippen LogP contribution in [0.15, 0.2) is 60.0 Å². The highest BCUT2D eigenvalue weighted by Crippen LogP contribution is 2.49. The highest BCUT2D eigenvalue weighted by molar-refractivity contribution is 7.17. The van der Waals surface area contributed by atoms with E-state index in [0.29, 0.717) is 59.9 Å². The van der Waals surface area contributed by atoms with Crippen molar-refractivity contribution in [3.8, 4) is 5.75 Å². The third-order valence-electron chi connectivity index (χ3n) is 10.7. The molecular formula is C43H48ClN5O4S. The third kappa shape index (κ3) is 7.33. The number of rotatable bonds is 13. The number of ether oxygens (including phenoxy) is 1. The van der Waals surface area contributed by atoms with Crippen molar-refractivity contribution in [2.45, 2.75) is 72.6 Å². The number of H-pyrrole nitrogens is 2. The van der Waals surface area contributed by atoms with Crippen LogP contribution in [0.25, 0.3) is 31.9 Å². The minimum Gasteiger partial charge on any atom is -0.409 e. The largest absolute Gasteiger partial charge is 0.415 e. The first-order chi connectivity index (χ1) is 26.1. The van der Waals surface area contributed by atoms with E-state index in [4.69, 9.17) is 16.3 Å². The molecule has 0 fully saturated rings. The first-order valence-electron chi connectivity index (χ1n) is 19.1. The highest BCUT2D eigenvalue weighted by atomic mass is 35.5. The van der Waals surface area contributed by atoms with E-state index in [1.54, 1.807) is 21.1 Å². The molecule has 4 heterocycles. The Balaban J connectivity index is 1.15. The maximum absolute atomic E-state index is 14.4. The lowest BCUT2D eigenvalue weighted by Gasteiger charge is -2.23. The van der Waals surface area contributed by atoms with Crippen molar-refractivity contribution in [3.63, 3.8) is 0 Å². The molecule has 1 aliphatic heterocycles. The van der Waals surface area contributed by atoms with Crippen LogP contribution in [0, 0.1) is 12.8 Å². The number of nitrogens with one attached hydrogen (secondary N) is 3. The van der Waals surface area contributed by atoms with Gasteiger partial charge in [-0.15, -0.1) is 22.9 Å². The van der Waals surface area contributed by atoms with Crippen molar-refractivity contribution in [2.24, 2.45) is 5.92 Å². The van der Waals surface area contributed by atoms with Gasteiger partial charge in [-0.1, -0.05) is 46.6 Å². The summed E-state index contributed by atoms with van der Waals surface area (Å²) in [6.07, 6.45) is 4.47. The Morgan fingerprint density at radius 1 is 0.981 bits per heavy atom.